The molecule has 2 aromatic carbocycles. The van der Waals surface area contributed by atoms with Crippen LogP contribution in [0.5, 0.6) is 0 Å². The molecule has 0 radical (unpaired) electrons. The van der Waals surface area contributed by atoms with Gasteiger partial charge in [-0.15, -0.1) is 0 Å². The van der Waals surface area contributed by atoms with Crippen LogP contribution in [0.25, 0.3) is 0 Å². The number of rotatable bonds is 11. The number of amides is 2. The van der Waals surface area contributed by atoms with Gasteiger partial charge in [0.2, 0.25) is 0 Å². The second-order valence-electron chi connectivity index (χ2n) is 8.35. The van der Waals surface area contributed by atoms with Gasteiger partial charge in [-0.3, -0.25) is 20.2 Å². The summed E-state index contributed by atoms with van der Waals surface area (Å²) in [5, 5.41) is 24.5. The summed E-state index contributed by atoms with van der Waals surface area (Å²) in [7, 11) is 0. The van der Waals surface area contributed by atoms with Crippen LogP contribution in [-0.4, -0.2) is 32.1 Å². The van der Waals surface area contributed by atoms with Gasteiger partial charge in [-0.05, 0) is 37.1 Å². The molecule has 0 aromatic heterocycles. The number of nitro groups is 2. The van der Waals surface area contributed by atoms with Gasteiger partial charge in [0.15, 0.2) is 0 Å². The van der Waals surface area contributed by atoms with E-state index in [0.29, 0.717) is 12.1 Å². The molecule has 0 bridgehead atoms. The lowest BCUT2D eigenvalue weighted by atomic mass is 10.1. The molecule has 2 amide bonds. The van der Waals surface area contributed by atoms with Crippen LogP contribution < -0.4 is 0 Å². The van der Waals surface area contributed by atoms with E-state index in [1.165, 1.54) is 42.6 Å². The van der Waals surface area contributed by atoms with Crippen LogP contribution in [-0.2, 0) is 22.7 Å². The summed E-state index contributed by atoms with van der Waals surface area (Å²) in [5.41, 5.74) is 0.450. The molecule has 3 rings (SSSR count). The fourth-order valence-corrected chi connectivity index (χ4v) is 3.81. The molecule has 38 heavy (non-hydrogen) atoms. The summed E-state index contributed by atoms with van der Waals surface area (Å²) in [6.07, 6.45) is 6.81. The summed E-state index contributed by atoms with van der Waals surface area (Å²) in [6.45, 7) is 1.29. The summed E-state index contributed by atoms with van der Waals surface area (Å²) in [5.74, 6) is 0. The maximum Gasteiger partial charge on any atom is 0.434 e. The first kappa shape index (κ1) is 27.8. The second-order valence-corrected chi connectivity index (χ2v) is 8.35. The number of hydrazine groups is 1. The Labute approximate surface area is 219 Å². The monoisotopic (exact) mass is 524 g/mol. The Morgan fingerprint density at radius 1 is 0.816 bits per heavy atom. The van der Waals surface area contributed by atoms with Crippen molar-refractivity contribution in [1.29, 1.82) is 0 Å². The number of hydrogen-bond acceptors (Lipinski definition) is 8. The molecule has 12 nitrogen and oxygen atoms in total. The highest BCUT2D eigenvalue weighted by Gasteiger charge is 2.32. The van der Waals surface area contributed by atoms with Crippen LogP contribution in [0, 0.1) is 20.2 Å². The second kappa shape index (κ2) is 13.5. The normalized spacial score (nSPS) is 12.6. The van der Waals surface area contributed by atoms with Crippen LogP contribution in [0.1, 0.15) is 50.2 Å². The van der Waals surface area contributed by atoms with Gasteiger partial charge >= 0.3 is 12.2 Å². The highest BCUT2D eigenvalue weighted by molar-refractivity contribution is 5.77. The van der Waals surface area contributed by atoms with E-state index < -0.39 is 35.2 Å². The quantitative estimate of drug-likeness (QED) is 0.187. The van der Waals surface area contributed by atoms with Crippen LogP contribution in [0.4, 0.5) is 21.0 Å². The predicted octanol–water partition coefficient (Wildman–Crippen LogP) is 6.38. The number of ether oxygens (including phenoxy) is 2. The fourth-order valence-electron chi connectivity index (χ4n) is 3.81. The van der Waals surface area contributed by atoms with E-state index in [0.717, 1.165) is 35.7 Å². The van der Waals surface area contributed by atoms with Crippen molar-refractivity contribution >= 4 is 23.6 Å². The molecule has 0 N–H and O–H groups in total. The molecule has 0 saturated heterocycles. The maximum atomic E-state index is 13.2. The van der Waals surface area contributed by atoms with Crippen molar-refractivity contribution in [1.82, 2.24) is 10.0 Å². The van der Waals surface area contributed by atoms with Gasteiger partial charge in [-0.2, -0.15) is 10.0 Å². The number of allylic oxidation sites excluding steroid dienone is 3. The van der Waals surface area contributed by atoms with E-state index in [-0.39, 0.29) is 22.5 Å². The van der Waals surface area contributed by atoms with Gasteiger partial charge in [-0.1, -0.05) is 50.5 Å². The summed E-state index contributed by atoms with van der Waals surface area (Å²) >= 11 is 0. The van der Waals surface area contributed by atoms with Crippen LogP contribution >= 0.6 is 0 Å². The third-order valence-electron chi connectivity index (χ3n) is 5.73. The average Bonchev–Trinajstić information content (AvgIpc) is 2.92. The van der Waals surface area contributed by atoms with Gasteiger partial charge in [0, 0.05) is 24.0 Å². The third kappa shape index (κ3) is 7.15. The van der Waals surface area contributed by atoms with Crippen molar-refractivity contribution in [2.45, 2.75) is 52.2 Å². The smallest absolute Gasteiger partial charge is 0.434 e. The lowest BCUT2D eigenvalue weighted by molar-refractivity contribution is -0.386. The number of nitrogens with zero attached hydrogens (tertiary/aromatic N) is 4. The van der Waals surface area contributed by atoms with E-state index in [1.807, 2.05) is 0 Å². The van der Waals surface area contributed by atoms with Gasteiger partial charge < -0.3 is 9.47 Å². The fraction of sp³-hybridized carbons (Fsp3) is 0.308. The average molecular weight is 525 g/mol. The Balaban J connectivity index is 1.77. The molecule has 0 saturated carbocycles. The molecule has 200 valence electrons. The SMILES string of the molecule is CCCCCCC1=CC=CN(C(=O)OCc2ccccc2[N+](=O)[O-])N1C(=O)OCc1ccccc1[N+](=O)[O-]. The molecule has 12 heteroatoms. The molecule has 0 fully saturated rings. The number of hydrogen-bond donors (Lipinski definition) is 0. The molecule has 0 unspecified atom stereocenters. The molecule has 0 aliphatic carbocycles. The van der Waals surface area contributed by atoms with E-state index in [9.17, 15) is 29.8 Å². The zero-order valence-electron chi connectivity index (χ0n) is 20.9. The minimum atomic E-state index is -0.957. The van der Waals surface area contributed by atoms with E-state index >= 15 is 0 Å². The highest BCUT2D eigenvalue weighted by atomic mass is 16.6. The first-order valence-electron chi connectivity index (χ1n) is 12.1. The first-order valence-corrected chi connectivity index (χ1v) is 12.1. The van der Waals surface area contributed by atoms with Crippen LogP contribution in [0.2, 0.25) is 0 Å². The molecule has 1 heterocycles. The summed E-state index contributed by atoms with van der Waals surface area (Å²) in [4.78, 5) is 47.7. The number of nitro benzene ring substituents is 2. The largest absolute Gasteiger partial charge is 0.443 e. The zero-order valence-corrected chi connectivity index (χ0v) is 20.9. The third-order valence-corrected chi connectivity index (χ3v) is 5.73. The number of para-hydroxylation sites is 2. The lowest BCUT2D eigenvalue weighted by Gasteiger charge is -2.34. The standard InChI is InChI=1S/C26H28N4O8/c1-2-3-4-5-13-22-14-10-17-27(25(31)37-18-20-11-6-8-15-23(20)29(33)34)28(22)26(32)38-19-21-12-7-9-16-24(21)30(35)36/h6-12,14-17H,2-5,13,18-19H2,1H3. The van der Waals surface area contributed by atoms with Crippen molar-refractivity contribution in [3.63, 3.8) is 0 Å². The minimum absolute atomic E-state index is 0.188. The van der Waals surface area contributed by atoms with E-state index in [1.54, 1.807) is 24.3 Å². The Bertz CT molecular complexity index is 1240. The number of unbranched alkanes of at least 4 members (excludes halogenated alkanes) is 3. The van der Waals surface area contributed by atoms with Crippen molar-refractivity contribution in [2.75, 3.05) is 0 Å². The Morgan fingerprint density at radius 3 is 1.92 bits per heavy atom. The molecule has 0 spiro atoms. The van der Waals surface area contributed by atoms with E-state index in [4.69, 9.17) is 9.47 Å². The predicted molar refractivity (Wildman–Crippen MR) is 136 cm³/mol. The van der Waals surface area contributed by atoms with E-state index in [2.05, 4.69) is 6.92 Å². The molecule has 2 aromatic rings. The summed E-state index contributed by atoms with van der Waals surface area (Å²) < 4.78 is 10.7. The Morgan fingerprint density at radius 2 is 1.37 bits per heavy atom. The van der Waals surface area contributed by atoms with Gasteiger partial charge in [0.25, 0.3) is 11.4 Å². The van der Waals surface area contributed by atoms with Crippen molar-refractivity contribution < 1.29 is 28.9 Å². The highest BCUT2D eigenvalue weighted by Crippen LogP contribution is 2.26. The number of benzene rings is 2. The Hall–Kier alpha value is -4.74. The van der Waals surface area contributed by atoms with Gasteiger partial charge in [0.1, 0.15) is 13.2 Å². The first-order chi connectivity index (χ1) is 18.3. The number of carbonyl (C=O) groups excluding carboxylic acids is 2. The van der Waals surface area contributed by atoms with Crippen molar-refractivity contribution in [2.24, 2.45) is 0 Å². The molecular weight excluding hydrogens is 496 g/mol. The van der Waals surface area contributed by atoms with Crippen LogP contribution in [0.15, 0.2) is 72.6 Å². The maximum absolute atomic E-state index is 13.2. The topological polar surface area (TPSA) is 145 Å². The Kier molecular flexibility index (Phi) is 9.92. The molecular formula is C26H28N4O8. The molecule has 1 aliphatic rings. The minimum Gasteiger partial charge on any atom is -0.443 e. The zero-order chi connectivity index (χ0) is 27.5. The van der Waals surface area contributed by atoms with Crippen molar-refractivity contribution in [3.05, 3.63) is 104 Å². The molecule has 1 aliphatic heterocycles. The summed E-state index contributed by atoms with van der Waals surface area (Å²) in [6, 6.07) is 11.7. The van der Waals surface area contributed by atoms with Gasteiger partial charge in [-0.25, -0.2) is 9.59 Å². The van der Waals surface area contributed by atoms with Crippen LogP contribution in [0.3, 0.4) is 0 Å². The number of carbonyl (C=O) groups is 2. The van der Waals surface area contributed by atoms with Crippen molar-refractivity contribution in [3.8, 4) is 0 Å². The van der Waals surface area contributed by atoms with Gasteiger partial charge in [0.05, 0.1) is 21.0 Å². The molecule has 0 atom stereocenters. The lowest BCUT2D eigenvalue weighted by Crippen LogP contribution is -2.47.